The molecule has 3 rings (SSSR count). The van der Waals surface area contributed by atoms with Gasteiger partial charge in [0, 0.05) is 18.3 Å². The maximum Gasteiger partial charge on any atom is 0.259 e. The summed E-state index contributed by atoms with van der Waals surface area (Å²) in [5.41, 5.74) is 2.55. The lowest BCUT2D eigenvalue weighted by Gasteiger charge is -2.27. The molecule has 0 radical (unpaired) electrons. The average Bonchev–Trinajstić information content (AvgIpc) is 3.12. The molecule has 23 heavy (non-hydrogen) atoms. The summed E-state index contributed by atoms with van der Waals surface area (Å²) in [5, 5.41) is 0. The number of methoxy groups -OCH3 is 1. The molecular weight excluding hydrogens is 316 g/mol. The molecule has 2 heterocycles. The van der Waals surface area contributed by atoms with Gasteiger partial charge in [0.15, 0.2) is 9.84 Å². The highest BCUT2D eigenvalue weighted by molar-refractivity contribution is 7.91. The zero-order valence-electron chi connectivity index (χ0n) is 13.5. The third-order valence-corrected chi connectivity index (χ3v) is 6.44. The van der Waals surface area contributed by atoms with Crippen molar-refractivity contribution in [3.63, 3.8) is 0 Å². The van der Waals surface area contributed by atoms with Gasteiger partial charge >= 0.3 is 0 Å². The highest BCUT2D eigenvalue weighted by Gasteiger charge is 2.35. The molecule has 0 N–H and O–H groups in total. The Morgan fingerprint density at radius 2 is 2.22 bits per heavy atom. The van der Waals surface area contributed by atoms with E-state index in [-0.39, 0.29) is 23.5 Å². The van der Waals surface area contributed by atoms with Gasteiger partial charge in [-0.15, -0.1) is 0 Å². The van der Waals surface area contributed by atoms with Crippen LogP contribution in [-0.4, -0.2) is 55.4 Å². The topological polar surface area (TPSA) is 76.6 Å². The number of ether oxygens (including phenoxy) is 1. The zero-order chi connectivity index (χ0) is 16.6. The zero-order valence-corrected chi connectivity index (χ0v) is 14.4. The highest BCUT2D eigenvalue weighted by atomic mass is 32.2. The first-order valence-electron chi connectivity index (χ1n) is 8.03. The van der Waals surface area contributed by atoms with Crippen LogP contribution in [0.25, 0.3) is 0 Å². The summed E-state index contributed by atoms with van der Waals surface area (Å²) in [6.07, 6.45) is 3.39. The normalized spacial score (nSPS) is 21.9. The molecule has 1 aromatic rings. The molecule has 126 valence electrons. The van der Waals surface area contributed by atoms with E-state index in [2.05, 4.69) is 4.98 Å². The molecule has 1 fully saturated rings. The van der Waals surface area contributed by atoms with Crippen molar-refractivity contribution in [3.05, 3.63) is 22.9 Å². The molecule has 0 saturated carbocycles. The summed E-state index contributed by atoms with van der Waals surface area (Å²) >= 11 is 0. The summed E-state index contributed by atoms with van der Waals surface area (Å²) < 4.78 is 28.8. The summed E-state index contributed by atoms with van der Waals surface area (Å²) in [6.45, 7) is 2.34. The number of fused-ring (bicyclic) bond motifs is 1. The molecule has 1 aliphatic heterocycles. The molecular formula is C16H22N2O4S. The Hall–Kier alpha value is -1.63. The number of sulfone groups is 1. The van der Waals surface area contributed by atoms with E-state index in [9.17, 15) is 13.2 Å². The maximum atomic E-state index is 13.0. The van der Waals surface area contributed by atoms with Crippen molar-refractivity contribution in [2.45, 2.75) is 38.6 Å². The van der Waals surface area contributed by atoms with E-state index in [0.717, 1.165) is 30.5 Å². The predicted molar refractivity (Wildman–Crippen MR) is 86.6 cm³/mol. The number of hydrogen-bond acceptors (Lipinski definition) is 5. The van der Waals surface area contributed by atoms with E-state index in [1.165, 1.54) is 7.11 Å². The second kappa shape index (κ2) is 6.11. The highest BCUT2D eigenvalue weighted by Crippen LogP contribution is 2.29. The number of carbonyl (C=O) groups is 1. The molecule has 0 aromatic carbocycles. The minimum atomic E-state index is -3.03. The first kappa shape index (κ1) is 16.2. The minimum absolute atomic E-state index is 0.0489. The van der Waals surface area contributed by atoms with E-state index in [1.807, 2.05) is 13.0 Å². The average molecular weight is 338 g/mol. The molecule has 1 unspecified atom stereocenters. The van der Waals surface area contributed by atoms with Crippen LogP contribution < -0.4 is 4.74 Å². The quantitative estimate of drug-likeness (QED) is 0.825. The first-order chi connectivity index (χ1) is 10.9. The SMILES string of the molecule is CCN(C(=O)c1cc2c(nc1OC)CCC2)C1CCS(=O)(=O)C1. The molecule has 1 amide bonds. The van der Waals surface area contributed by atoms with Crippen LogP contribution in [0.4, 0.5) is 0 Å². The summed E-state index contributed by atoms with van der Waals surface area (Å²) in [5.74, 6) is 0.359. The van der Waals surface area contributed by atoms with Gasteiger partial charge in [-0.3, -0.25) is 4.79 Å². The van der Waals surface area contributed by atoms with Crippen LogP contribution >= 0.6 is 0 Å². The number of aryl methyl sites for hydroxylation is 2. The van der Waals surface area contributed by atoms with E-state index < -0.39 is 9.84 Å². The molecule has 6 nitrogen and oxygen atoms in total. The Labute approximate surface area is 136 Å². The van der Waals surface area contributed by atoms with Crippen molar-refractivity contribution < 1.29 is 17.9 Å². The van der Waals surface area contributed by atoms with Gasteiger partial charge in [-0.05, 0) is 44.2 Å². The van der Waals surface area contributed by atoms with Crippen LogP contribution in [0.3, 0.4) is 0 Å². The molecule has 0 spiro atoms. The first-order valence-corrected chi connectivity index (χ1v) is 9.85. The van der Waals surface area contributed by atoms with Gasteiger partial charge in [-0.2, -0.15) is 0 Å². The van der Waals surface area contributed by atoms with Crippen LogP contribution in [0.5, 0.6) is 5.88 Å². The molecule has 7 heteroatoms. The molecule has 2 aliphatic rings. The maximum absolute atomic E-state index is 13.0. The van der Waals surface area contributed by atoms with Crippen LogP contribution in [0.1, 0.15) is 41.4 Å². The van der Waals surface area contributed by atoms with Crippen molar-refractivity contribution in [1.82, 2.24) is 9.88 Å². The van der Waals surface area contributed by atoms with E-state index in [1.54, 1.807) is 4.90 Å². The Bertz CT molecular complexity index is 730. The lowest BCUT2D eigenvalue weighted by atomic mass is 10.1. The lowest BCUT2D eigenvalue weighted by molar-refractivity contribution is 0.0704. The van der Waals surface area contributed by atoms with E-state index >= 15 is 0 Å². The van der Waals surface area contributed by atoms with Crippen molar-refractivity contribution in [3.8, 4) is 5.88 Å². The number of hydrogen-bond donors (Lipinski definition) is 0. The van der Waals surface area contributed by atoms with Gasteiger partial charge in [0.2, 0.25) is 5.88 Å². The molecule has 0 bridgehead atoms. The number of aromatic nitrogens is 1. The van der Waals surface area contributed by atoms with Crippen molar-refractivity contribution >= 4 is 15.7 Å². The van der Waals surface area contributed by atoms with Gasteiger partial charge in [-0.1, -0.05) is 0 Å². The van der Waals surface area contributed by atoms with Gasteiger partial charge in [0.05, 0.1) is 18.6 Å². The smallest absolute Gasteiger partial charge is 0.259 e. The molecule has 1 atom stereocenters. The summed E-state index contributed by atoms with van der Waals surface area (Å²) in [6, 6.07) is 1.62. The van der Waals surface area contributed by atoms with Crippen molar-refractivity contribution in [1.29, 1.82) is 0 Å². The third kappa shape index (κ3) is 3.06. The molecule has 1 aliphatic carbocycles. The number of pyridine rings is 1. The van der Waals surface area contributed by atoms with Crippen LogP contribution in [0, 0.1) is 0 Å². The Morgan fingerprint density at radius 3 is 2.83 bits per heavy atom. The second-order valence-electron chi connectivity index (χ2n) is 6.15. The standard InChI is InChI=1S/C16H22N2O4S/c1-3-18(12-7-8-23(20,21)10-12)16(19)13-9-11-5-4-6-14(11)17-15(13)22-2/h9,12H,3-8,10H2,1-2H3. The fraction of sp³-hybridized carbons (Fsp3) is 0.625. The summed E-state index contributed by atoms with van der Waals surface area (Å²) in [7, 11) is -1.52. The fourth-order valence-electron chi connectivity index (χ4n) is 3.51. The molecule has 1 aromatic heterocycles. The van der Waals surface area contributed by atoms with Crippen molar-refractivity contribution in [2.24, 2.45) is 0 Å². The monoisotopic (exact) mass is 338 g/mol. The molecule has 1 saturated heterocycles. The van der Waals surface area contributed by atoms with E-state index in [0.29, 0.717) is 24.4 Å². The third-order valence-electron chi connectivity index (χ3n) is 4.69. The summed E-state index contributed by atoms with van der Waals surface area (Å²) in [4.78, 5) is 19.1. The van der Waals surface area contributed by atoms with Gasteiger partial charge < -0.3 is 9.64 Å². The fourth-order valence-corrected chi connectivity index (χ4v) is 5.24. The predicted octanol–water partition coefficient (Wildman–Crippen LogP) is 1.23. The number of amides is 1. The van der Waals surface area contributed by atoms with Crippen molar-refractivity contribution in [2.75, 3.05) is 25.2 Å². The Kier molecular flexibility index (Phi) is 4.31. The van der Waals surface area contributed by atoms with Crippen LogP contribution in [0.2, 0.25) is 0 Å². The van der Waals surface area contributed by atoms with Crippen LogP contribution in [0.15, 0.2) is 6.07 Å². The van der Waals surface area contributed by atoms with Gasteiger partial charge in [0.25, 0.3) is 5.91 Å². The second-order valence-corrected chi connectivity index (χ2v) is 8.38. The van der Waals surface area contributed by atoms with Crippen LogP contribution in [-0.2, 0) is 22.7 Å². The Balaban J connectivity index is 1.92. The van der Waals surface area contributed by atoms with Gasteiger partial charge in [0.1, 0.15) is 5.56 Å². The largest absolute Gasteiger partial charge is 0.480 e. The van der Waals surface area contributed by atoms with E-state index in [4.69, 9.17) is 4.74 Å². The number of nitrogens with zero attached hydrogens (tertiary/aromatic N) is 2. The lowest BCUT2D eigenvalue weighted by Crippen LogP contribution is -2.41. The minimum Gasteiger partial charge on any atom is -0.480 e. The Morgan fingerprint density at radius 1 is 1.43 bits per heavy atom. The van der Waals surface area contributed by atoms with Gasteiger partial charge in [-0.25, -0.2) is 13.4 Å². The number of carbonyl (C=O) groups excluding carboxylic acids is 1. The number of rotatable bonds is 4.